The van der Waals surface area contributed by atoms with Gasteiger partial charge in [-0.3, -0.25) is 9.97 Å². The minimum Gasteiger partial charge on any atom is -0.256 e. The van der Waals surface area contributed by atoms with Crippen LogP contribution >= 0.6 is 0 Å². The van der Waals surface area contributed by atoms with Crippen molar-refractivity contribution in [1.82, 2.24) is 9.97 Å². The van der Waals surface area contributed by atoms with Crippen LogP contribution in [0.15, 0.2) is 140 Å². The number of aromatic nitrogens is 2. The summed E-state index contributed by atoms with van der Waals surface area (Å²) in [6, 6.07) is 46.4. The summed E-state index contributed by atoms with van der Waals surface area (Å²) >= 11 is 0. The first kappa shape index (κ1) is 26.5. The first-order valence-corrected chi connectivity index (χ1v) is 15.9. The van der Waals surface area contributed by atoms with Gasteiger partial charge in [0.2, 0.25) is 0 Å². The Morgan fingerprint density at radius 2 is 0.886 bits per heavy atom. The fourth-order valence-corrected chi connectivity index (χ4v) is 7.19. The third kappa shape index (κ3) is 4.87. The van der Waals surface area contributed by atoms with E-state index in [2.05, 4.69) is 113 Å². The predicted molar refractivity (Wildman–Crippen MR) is 185 cm³/mol. The minimum atomic E-state index is 0.639. The lowest BCUT2D eigenvalue weighted by Gasteiger charge is -2.24. The summed E-state index contributed by atoms with van der Waals surface area (Å²) < 4.78 is 0. The van der Waals surface area contributed by atoms with Crippen LogP contribution in [0.25, 0.3) is 66.3 Å². The van der Waals surface area contributed by atoms with Crippen LogP contribution in [0.3, 0.4) is 0 Å². The Labute approximate surface area is 259 Å². The molecule has 2 nitrogen and oxygen atoms in total. The summed E-state index contributed by atoms with van der Waals surface area (Å²) in [5, 5.41) is 5.20. The molecular weight excluding hydrogens is 532 g/mol. The standard InChI is InChI=1S/C42H34N2/c1-2-10-29(11-3-1)34-24-25-37-38(28-34)42(33-22-18-31(19-23-33)40-15-7-9-27-44-40)36-13-5-4-12-35(36)41(37)32-20-16-30(17-21-32)39-14-6-8-26-43-39/h4-9,12-29H,1-3,10-11H2. The maximum absolute atomic E-state index is 4.58. The van der Waals surface area contributed by atoms with Gasteiger partial charge in [0.15, 0.2) is 0 Å². The van der Waals surface area contributed by atoms with Crippen molar-refractivity contribution in [3.05, 3.63) is 145 Å². The molecule has 212 valence electrons. The number of hydrogen-bond acceptors (Lipinski definition) is 2. The molecule has 2 heterocycles. The van der Waals surface area contributed by atoms with Crippen molar-refractivity contribution < 1.29 is 0 Å². The Bertz CT molecular complexity index is 2060. The molecule has 1 fully saturated rings. The first-order valence-electron chi connectivity index (χ1n) is 15.9. The van der Waals surface area contributed by atoms with Gasteiger partial charge in [-0.15, -0.1) is 0 Å². The maximum atomic E-state index is 4.58. The van der Waals surface area contributed by atoms with Crippen LogP contribution in [-0.2, 0) is 0 Å². The van der Waals surface area contributed by atoms with Gasteiger partial charge in [0.1, 0.15) is 0 Å². The molecule has 0 N–H and O–H groups in total. The number of fused-ring (bicyclic) bond motifs is 2. The molecule has 1 aliphatic carbocycles. The van der Waals surface area contributed by atoms with Crippen LogP contribution in [0.4, 0.5) is 0 Å². The van der Waals surface area contributed by atoms with E-state index in [9.17, 15) is 0 Å². The zero-order valence-corrected chi connectivity index (χ0v) is 24.8. The molecule has 0 radical (unpaired) electrons. The minimum absolute atomic E-state index is 0.639. The molecule has 7 aromatic rings. The van der Waals surface area contributed by atoms with Gasteiger partial charge in [-0.1, -0.05) is 122 Å². The van der Waals surface area contributed by atoms with Gasteiger partial charge in [-0.05, 0) is 92.4 Å². The van der Waals surface area contributed by atoms with E-state index >= 15 is 0 Å². The largest absolute Gasteiger partial charge is 0.256 e. The number of benzene rings is 5. The summed E-state index contributed by atoms with van der Waals surface area (Å²) in [5.41, 5.74) is 10.8. The Kier molecular flexibility index (Phi) is 6.96. The third-order valence-corrected chi connectivity index (χ3v) is 9.39. The van der Waals surface area contributed by atoms with Crippen LogP contribution < -0.4 is 0 Å². The van der Waals surface area contributed by atoms with Crippen molar-refractivity contribution in [2.75, 3.05) is 0 Å². The van der Waals surface area contributed by atoms with Crippen LogP contribution in [0.1, 0.15) is 43.6 Å². The lowest BCUT2D eigenvalue weighted by molar-refractivity contribution is 0.444. The molecule has 0 atom stereocenters. The van der Waals surface area contributed by atoms with E-state index in [1.54, 1.807) is 0 Å². The van der Waals surface area contributed by atoms with E-state index in [4.69, 9.17) is 0 Å². The molecule has 0 unspecified atom stereocenters. The van der Waals surface area contributed by atoms with Crippen molar-refractivity contribution in [2.24, 2.45) is 0 Å². The fourth-order valence-electron chi connectivity index (χ4n) is 7.19. The van der Waals surface area contributed by atoms with Gasteiger partial charge >= 0.3 is 0 Å². The molecule has 0 bridgehead atoms. The lowest BCUT2D eigenvalue weighted by atomic mass is 9.80. The molecule has 1 aliphatic rings. The maximum Gasteiger partial charge on any atom is 0.0701 e. The number of rotatable bonds is 5. The normalized spacial score (nSPS) is 13.8. The topological polar surface area (TPSA) is 25.8 Å². The van der Waals surface area contributed by atoms with Crippen LogP contribution in [0.2, 0.25) is 0 Å². The molecule has 0 aliphatic heterocycles. The molecule has 2 heteroatoms. The van der Waals surface area contributed by atoms with Gasteiger partial charge in [-0.2, -0.15) is 0 Å². The highest BCUT2D eigenvalue weighted by molar-refractivity contribution is 6.21. The third-order valence-electron chi connectivity index (χ3n) is 9.39. The number of nitrogens with zero attached hydrogens (tertiary/aromatic N) is 2. The highest BCUT2D eigenvalue weighted by atomic mass is 14.7. The second kappa shape index (κ2) is 11.5. The molecular formula is C42H34N2. The van der Waals surface area contributed by atoms with Crippen LogP contribution in [-0.4, -0.2) is 9.97 Å². The zero-order valence-electron chi connectivity index (χ0n) is 24.8. The van der Waals surface area contributed by atoms with Crippen molar-refractivity contribution in [3.8, 4) is 44.8 Å². The second-order valence-corrected chi connectivity index (χ2v) is 12.0. The van der Waals surface area contributed by atoms with Crippen LogP contribution in [0, 0.1) is 0 Å². The van der Waals surface area contributed by atoms with Crippen molar-refractivity contribution in [2.45, 2.75) is 38.0 Å². The molecule has 2 aromatic heterocycles. The lowest BCUT2D eigenvalue weighted by Crippen LogP contribution is -2.04. The van der Waals surface area contributed by atoms with Gasteiger partial charge in [0.25, 0.3) is 0 Å². The Morgan fingerprint density at radius 1 is 0.409 bits per heavy atom. The number of hydrogen-bond donors (Lipinski definition) is 0. The Balaban J connectivity index is 1.35. The average Bonchev–Trinajstić information content (AvgIpc) is 3.12. The monoisotopic (exact) mass is 566 g/mol. The molecule has 1 saturated carbocycles. The highest BCUT2D eigenvalue weighted by Crippen LogP contribution is 2.45. The van der Waals surface area contributed by atoms with Crippen molar-refractivity contribution in [3.63, 3.8) is 0 Å². The van der Waals surface area contributed by atoms with Gasteiger partial charge in [-0.25, -0.2) is 0 Å². The van der Waals surface area contributed by atoms with Crippen LogP contribution in [0.5, 0.6) is 0 Å². The molecule has 44 heavy (non-hydrogen) atoms. The molecule has 0 saturated heterocycles. The second-order valence-electron chi connectivity index (χ2n) is 12.0. The molecule has 0 amide bonds. The average molecular weight is 567 g/mol. The summed E-state index contributed by atoms with van der Waals surface area (Å²) in [4.78, 5) is 9.15. The van der Waals surface area contributed by atoms with Gasteiger partial charge < -0.3 is 0 Å². The zero-order chi connectivity index (χ0) is 29.3. The first-order chi connectivity index (χ1) is 21.8. The summed E-state index contributed by atoms with van der Waals surface area (Å²) in [7, 11) is 0. The van der Waals surface area contributed by atoms with Crippen molar-refractivity contribution in [1.29, 1.82) is 0 Å². The summed E-state index contributed by atoms with van der Waals surface area (Å²) in [6.07, 6.45) is 10.3. The van der Waals surface area contributed by atoms with E-state index in [-0.39, 0.29) is 0 Å². The smallest absolute Gasteiger partial charge is 0.0701 e. The van der Waals surface area contributed by atoms with Gasteiger partial charge in [0.05, 0.1) is 11.4 Å². The van der Waals surface area contributed by atoms with E-state index in [0.717, 1.165) is 22.5 Å². The fraction of sp³-hybridized carbons (Fsp3) is 0.143. The highest BCUT2D eigenvalue weighted by Gasteiger charge is 2.20. The Hall–Kier alpha value is -5.08. The van der Waals surface area contributed by atoms with Gasteiger partial charge in [0, 0.05) is 23.5 Å². The quantitative estimate of drug-likeness (QED) is 0.194. The Morgan fingerprint density at radius 3 is 1.41 bits per heavy atom. The predicted octanol–water partition coefficient (Wildman–Crippen LogP) is 11.5. The molecule has 5 aromatic carbocycles. The number of pyridine rings is 2. The van der Waals surface area contributed by atoms with E-state index in [0.29, 0.717) is 5.92 Å². The summed E-state index contributed by atoms with van der Waals surface area (Å²) in [6.45, 7) is 0. The van der Waals surface area contributed by atoms with Crippen molar-refractivity contribution >= 4 is 21.5 Å². The van der Waals surface area contributed by atoms with E-state index < -0.39 is 0 Å². The SMILES string of the molecule is c1ccc(-c2ccc(-c3c4ccccc4c(-c4ccc(-c5ccccn5)cc4)c4cc(C5CCCCC5)ccc34)cc2)nc1. The molecule has 8 rings (SSSR count). The summed E-state index contributed by atoms with van der Waals surface area (Å²) in [5.74, 6) is 0.639. The van der Waals surface area contributed by atoms with E-state index in [1.807, 2.05) is 36.7 Å². The van der Waals surface area contributed by atoms with E-state index in [1.165, 1.54) is 81.5 Å². The molecule has 0 spiro atoms.